The third-order valence-corrected chi connectivity index (χ3v) is 4.61. The van der Waals surface area contributed by atoms with E-state index in [1.54, 1.807) is 0 Å². The van der Waals surface area contributed by atoms with Crippen molar-refractivity contribution in [2.24, 2.45) is 5.92 Å². The summed E-state index contributed by atoms with van der Waals surface area (Å²) in [5, 5.41) is 8.80. The van der Waals surface area contributed by atoms with Gasteiger partial charge >= 0.3 is 5.97 Å². The van der Waals surface area contributed by atoms with Gasteiger partial charge in [-0.15, -0.1) is 0 Å². The van der Waals surface area contributed by atoms with Crippen LogP contribution in [-0.2, 0) is 9.59 Å². The van der Waals surface area contributed by atoms with Gasteiger partial charge in [-0.25, -0.2) is 0 Å². The molecule has 2 aromatic rings. The number of carboxylic acid groups (broad SMARTS) is 1. The van der Waals surface area contributed by atoms with Crippen molar-refractivity contribution in [2.45, 2.75) is 45.6 Å². The largest absolute Gasteiger partial charge is 0.481 e. The minimum absolute atomic E-state index is 0.0982. The Morgan fingerprint density at radius 2 is 1.37 bits per heavy atom. The highest BCUT2D eigenvalue weighted by Gasteiger charge is 2.27. The van der Waals surface area contributed by atoms with Crippen molar-refractivity contribution in [1.82, 2.24) is 4.90 Å². The SMILES string of the molecule is CC(C)C(=O)N(CCCCCC(=O)O)C(c1ccccc1)c1ccccc1. The summed E-state index contributed by atoms with van der Waals surface area (Å²) in [6, 6.07) is 20.0. The zero-order valence-electron chi connectivity index (χ0n) is 16.2. The van der Waals surface area contributed by atoms with Crippen LogP contribution in [0.3, 0.4) is 0 Å². The first kappa shape index (κ1) is 20.7. The van der Waals surface area contributed by atoms with Crippen molar-refractivity contribution in [3.63, 3.8) is 0 Å². The molecule has 4 nitrogen and oxygen atoms in total. The molecule has 0 aliphatic carbocycles. The van der Waals surface area contributed by atoms with Gasteiger partial charge in [-0.1, -0.05) is 80.9 Å². The maximum absolute atomic E-state index is 13.0. The second-order valence-electron chi connectivity index (χ2n) is 7.11. The Kier molecular flexibility index (Phi) is 8.05. The molecule has 27 heavy (non-hydrogen) atoms. The quantitative estimate of drug-likeness (QED) is 0.607. The second-order valence-corrected chi connectivity index (χ2v) is 7.11. The first-order valence-corrected chi connectivity index (χ1v) is 9.63. The highest BCUT2D eigenvalue weighted by molar-refractivity contribution is 5.79. The maximum atomic E-state index is 13.0. The van der Waals surface area contributed by atoms with E-state index in [4.69, 9.17) is 5.11 Å². The lowest BCUT2D eigenvalue weighted by atomic mass is 9.95. The molecule has 0 bridgehead atoms. The maximum Gasteiger partial charge on any atom is 0.303 e. The Balaban J connectivity index is 2.27. The number of carbonyl (C=O) groups is 2. The fourth-order valence-corrected chi connectivity index (χ4v) is 3.26. The van der Waals surface area contributed by atoms with E-state index in [9.17, 15) is 9.59 Å². The molecule has 0 spiro atoms. The van der Waals surface area contributed by atoms with Gasteiger partial charge in [0.2, 0.25) is 5.91 Å². The summed E-state index contributed by atoms with van der Waals surface area (Å²) in [6.07, 6.45) is 2.41. The summed E-state index contributed by atoms with van der Waals surface area (Å²) in [5.41, 5.74) is 2.17. The van der Waals surface area contributed by atoms with Crippen LogP contribution in [0.4, 0.5) is 0 Å². The van der Waals surface area contributed by atoms with Gasteiger partial charge in [0, 0.05) is 18.9 Å². The monoisotopic (exact) mass is 367 g/mol. The van der Waals surface area contributed by atoms with Crippen molar-refractivity contribution in [1.29, 1.82) is 0 Å². The first-order chi connectivity index (χ1) is 13.0. The smallest absolute Gasteiger partial charge is 0.303 e. The van der Waals surface area contributed by atoms with E-state index in [1.165, 1.54) is 0 Å². The number of rotatable bonds is 10. The average molecular weight is 367 g/mol. The zero-order chi connectivity index (χ0) is 19.6. The van der Waals surface area contributed by atoms with E-state index in [1.807, 2.05) is 55.1 Å². The molecule has 0 heterocycles. The van der Waals surface area contributed by atoms with Gasteiger partial charge in [0.25, 0.3) is 0 Å². The average Bonchev–Trinajstić information content (AvgIpc) is 2.67. The zero-order valence-corrected chi connectivity index (χ0v) is 16.2. The van der Waals surface area contributed by atoms with Gasteiger partial charge in [0.05, 0.1) is 6.04 Å². The number of hydrogen-bond acceptors (Lipinski definition) is 2. The topological polar surface area (TPSA) is 57.6 Å². The molecule has 1 N–H and O–H groups in total. The molecule has 0 atom stereocenters. The Bertz CT molecular complexity index is 673. The Morgan fingerprint density at radius 3 is 1.81 bits per heavy atom. The first-order valence-electron chi connectivity index (χ1n) is 9.63. The lowest BCUT2D eigenvalue weighted by molar-refractivity contribution is -0.138. The standard InChI is InChI=1S/C23H29NO3/c1-18(2)23(27)24(17-11-5-10-16-21(25)26)22(19-12-6-3-7-13-19)20-14-8-4-9-15-20/h3-4,6-9,12-15,18,22H,5,10-11,16-17H2,1-2H3,(H,25,26). The Morgan fingerprint density at radius 1 is 0.852 bits per heavy atom. The fourth-order valence-electron chi connectivity index (χ4n) is 3.26. The van der Waals surface area contributed by atoms with Gasteiger partial charge in [-0.3, -0.25) is 9.59 Å². The van der Waals surface area contributed by atoms with Crippen LogP contribution in [0.15, 0.2) is 60.7 Å². The van der Waals surface area contributed by atoms with Crippen LogP contribution >= 0.6 is 0 Å². The summed E-state index contributed by atoms with van der Waals surface area (Å²) >= 11 is 0. The molecule has 2 rings (SSSR count). The third-order valence-electron chi connectivity index (χ3n) is 4.61. The van der Waals surface area contributed by atoms with Gasteiger partial charge in [0.15, 0.2) is 0 Å². The highest BCUT2D eigenvalue weighted by Crippen LogP contribution is 2.30. The third kappa shape index (κ3) is 6.24. The van der Waals surface area contributed by atoms with E-state index in [0.29, 0.717) is 13.0 Å². The Labute approximate surface area is 161 Å². The van der Waals surface area contributed by atoms with Crippen LogP contribution in [0.2, 0.25) is 0 Å². The normalized spacial score (nSPS) is 11.0. The molecular formula is C23H29NO3. The summed E-state index contributed by atoms with van der Waals surface area (Å²) in [6.45, 7) is 4.46. The number of hydrogen-bond donors (Lipinski definition) is 1. The minimum Gasteiger partial charge on any atom is -0.481 e. The number of carbonyl (C=O) groups excluding carboxylic acids is 1. The van der Waals surface area contributed by atoms with Crippen molar-refractivity contribution >= 4 is 11.9 Å². The predicted octanol–water partition coefficient (Wildman–Crippen LogP) is 4.91. The van der Waals surface area contributed by atoms with E-state index in [-0.39, 0.29) is 24.3 Å². The van der Waals surface area contributed by atoms with Gasteiger partial charge in [-0.2, -0.15) is 0 Å². The number of amides is 1. The number of benzene rings is 2. The van der Waals surface area contributed by atoms with Crippen LogP contribution < -0.4 is 0 Å². The van der Waals surface area contributed by atoms with E-state index in [2.05, 4.69) is 24.3 Å². The fraction of sp³-hybridized carbons (Fsp3) is 0.391. The molecule has 1 amide bonds. The van der Waals surface area contributed by atoms with Crippen molar-refractivity contribution in [3.8, 4) is 0 Å². The van der Waals surface area contributed by atoms with Crippen LogP contribution in [0, 0.1) is 5.92 Å². The second kappa shape index (κ2) is 10.5. The predicted molar refractivity (Wildman–Crippen MR) is 107 cm³/mol. The van der Waals surface area contributed by atoms with Gasteiger partial charge < -0.3 is 10.0 Å². The van der Waals surface area contributed by atoms with Crippen LogP contribution in [0.25, 0.3) is 0 Å². The lowest BCUT2D eigenvalue weighted by Gasteiger charge is -2.34. The molecule has 0 saturated carbocycles. The summed E-state index contributed by atoms with van der Waals surface area (Å²) < 4.78 is 0. The number of nitrogens with zero attached hydrogens (tertiary/aromatic N) is 1. The molecule has 0 radical (unpaired) electrons. The molecule has 2 aromatic carbocycles. The van der Waals surface area contributed by atoms with Crippen molar-refractivity contribution in [2.75, 3.05) is 6.54 Å². The van der Waals surface area contributed by atoms with Crippen molar-refractivity contribution in [3.05, 3.63) is 71.8 Å². The van der Waals surface area contributed by atoms with Crippen molar-refractivity contribution < 1.29 is 14.7 Å². The van der Waals surface area contributed by atoms with Crippen LogP contribution in [0.1, 0.15) is 56.7 Å². The molecule has 0 unspecified atom stereocenters. The summed E-state index contributed by atoms with van der Waals surface area (Å²) in [5.74, 6) is -0.749. The summed E-state index contributed by atoms with van der Waals surface area (Å²) in [7, 11) is 0. The van der Waals surface area contributed by atoms with E-state index >= 15 is 0 Å². The number of aliphatic carboxylic acids is 1. The number of carboxylic acids is 1. The molecule has 0 fully saturated rings. The Hall–Kier alpha value is -2.62. The molecule has 4 heteroatoms. The molecule has 0 aliphatic heterocycles. The lowest BCUT2D eigenvalue weighted by Crippen LogP contribution is -2.39. The molecule has 0 aliphatic rings. The molecule has 144 valence electrons. The van der Waals surface area contributed by atoms with Gasteiger partial charge in [-0.05, 0) is 24.0 Å². The van der Waals surface area contributed by atoms with Gasteiger partial charge in [0.1, 0.15) is 0 Å². The van der Waals surface area contributed by atoms with E-state index < -0.39 is 5.97 Å². The minimum atomic E-state index is -0.767. The van der Waals surface area contributed by atoms with E-state index in [0.717, 1.165) is 24.0 Å². The summed E-state index contributed by atoms with van der Waals surface area (Å²) in [4.78, 5) is 25.7. The van der Waals surface area contributed by atoms with Crippen LogP contribution in [0.5, 0.6) is 0 Å². The highest BCUT2D eigenvalue weighted by atomic mass is 16.4. The molecule has 0 saturated heterocycles. The van der Waals surface area contributed by atoms with Crippen LogP contribution in [-0.4, -0.2) is 28.4 Å². The molecule has 0 aromatic heterocycles. The molecular weight excluding hydrogens is 338 g/mol. The number of unbranched alkanes of at least 4 members (excludes halogenated alkanes) is 2.